The summed E-state index contributed by atoms with van der Waals surface area (Å²) in [4.78, 5) is 44.1. The normalized spacial score (nSPS) is 17.1. The standard InChI is InChI=1S/C29H37ClN6O5S/c1-4-40-29(39)19-7-11-35(12-8-19)28(38)23-16-22(27(37)31-20-9-13-34(14-10-20)18(2)3)32-36(23)17-21-15-24(41-33-21)25-5-6-26(30)42-25/h5-6,15-16,18-20H,4,7-14,17H2,1-3H3,(H,31,37). The second-order valence-electron chi connectivity index (χ2n) is 11.1. The Labute approximate surface area is 254 Å². The molecule has 5 heterocycles. The van der Waals surface area contributed by atoms with Crippen LogP contribution in [-0.2, 0) is 16.1 Å². The van der Waals surface area contributed by atoms with Gasteiger partial charge in [-0.2, -0.15) is 5.10 Å². The Morgan fingerprint density at radius 2 is 1.86 bits per heavy atom. The van der Waals surface area contributed by atoms with Crippen LogP contribution in [0.2, 0.25) is 4.34 Å². The van der Waals surface area contributed by atoms with Gasteiger partial charge in [-0.3, -0.25) is 19.1 Å². The number of hydrogen-bond donors (Lipinski definition) is 1. The molecule has 3 aromatic rings. The number of ether oxygens (including phenoxy) is 1. The third-order valence-electron chi connectivity index (χ3n) is 7.92. The van der Waals surface area contributed by atoms with E-state index < -0.39 is 0 Å². The van der Waals surface area contributed by atoms with E-state index in [1.807, 2.05) is 6.07 Å². The molecule has 2 aliphatic heterocycles. The Balaban J connectivity index is 1.33. The molecule has 0 atom stereocenters. The van der Waals surface area contributed by atoms with E-state index in [0.717, 1.165) is 30.8 Å². The molecular formula is C29H37ClN6O5S. The molecule has 0 radical (unpaired) electrons. The third-order valence-corrected chi connectivity index (χ3v) is 9.16. The summed E-state index contributed by atoms with van der Waals surface area (Å²) in [5, 5.41) is 11.8. The highest BCUT2D eigenvalue weighted by molar-refractivity contribution is 7.19. The van der Waals surface area contributed by atoms with Gasteiger partial charge in [0.25, 0.3) is 11.8 Å². The molecule has 0 aliphatic carbocycles. The Morgan fingerprint density at radius 3 is 2.50 bits per heavy atom. The fourth-order valence-electron chi connectivity index (χ4n) is 5.48. The van der Waals surface area contributed by atoms with Gasteiger partial charge in [-0.25, -0.2) is 0 Å². The van der Waals surface area contributed by atoms with Gasteiger partial charge in [-0.15, -0.1) is 11.3 Å². The largest absolute Gasteiger partial charge is 0.466 e. The summed E-state index contributed by atoms with van der Waals surface area (Å²) >= 11 is 7.45. The van der Waals surface area contributed by atoms with Crippen LogP contribution >= 0.6 is 22.9 Å². The highest BCUT2D eigenvalue weighted by Crippen LogP contribution is 2.31. The van der Waals surface area contributed by atoms with Gasteiger partial charge in [-0.05, 0) is 58.6 Å². The van der Waals surface area contributed by atoms with Crippen LogP contribution in [0.1, 0.15) is 73.1 Å². The number of likely N-dealkylation sites (tertiary alicyclic amines) is 2. The molecule has 0 unspecified atom stereocenters. The lowest BCUT2D eigenvalue weighted by Crippen LogP contribution is -2.46. The van der Waals surface area contributed by atoms with Crippen molar-refractivity contribution in [3.8, 4) is 10.6 Å². The maximum Gasteiger partial charge on any atom is 0.309 e. The number of amides is 2. The fraction of sp³-hybridized carbons (Fsp3) is 0.552. The van der Waals surface area contributed by atoms with E-state index in [1.54, 1.807) is 30.0 Å². The number of esters is 1. The second-order valence-corrected chi connectivity index (χ2v) is 12.8. The lowest BCUT2D eigenvalue weighted by Gasteiger charge is -2.34. The van der Waals surface area contributed by atoms with Crippen molar-refractivity contribution in [3.05, 3.63) is 45.7 Å². The van der Waals surface area contributed by atoms with Gasteiger partial charge in [-0.1, -0.05) is 16.8 Å². The summed E-state index contributed by atoms with van der Waals surface area (Å²) < 4.78 is 12.8. The van der Waals surface area contributed by atoms with Crippen LogP contribution in [-0.4, -0.2) is 87.4 Å². The number of hydrogen-bond acceptors (Lipinski definition) is 9. The van der Waals surface area contributed by atoms with Crippen molar-refractivity contribution in [2.75, 3.05) is 32.8 Å². The molecule has 0 saturated carbocycles. The molecule has 3 aromatic heterocycles. The van der Waals surface area contributed by atoms with Crippen molar-refractivity contribution < 1.29 is 23.6 Å². The summed E-state index contributed by atoms with van der Waals surface area (Å²) in [5.41, 5.74) is 1.02. The zero-order valence-electron chi connectivity index (χ0n) is 24.2. The number of thiophene rings is 1. The zero-order valence-corrected chi connectivity index (χ0v) is 25.7. The summed E-state index contributed by atoms with van der Waals surface area (Å²) in [6, 6.07) is 7.51. The van der Waals surface area contributed by atoms with E-state index in [1.165, 1.54) is 16.0 Å². The van der Waals surface area contributed by atoms with E-state index in [9.17, 15) is 14.4 Å². The molecule has 5 rings (SSSR count). The Hall–Kier alpha value is -3.22. The maximum atomic E-state index is 13.7. The molecule has 11 nitrogen and oxygen atoms in total. The molecule has 1 N–H and O–H groups in total. The first-order chi connectivity index (χ1) is 20.2. The van der Waals surface area contributed by atoms with Crippen LogP contribution in [0.4, 0.5) is 0 Å². The molecule has 2 fully saturated rings. The molecule has 0 spiro atoms. The van der Waals surface area contributed by atoms with Crippen molar-refractivity contribution in [1.29, 1.82) is 0 Å². The SMILES string of the molecule is CCOC(=O)C1CCN(C(=O)c2cc(C(=O)NC3CCN(C(C)C)CC3)nn2Cc2cc(-c3ccc(Cl)s3)on2)CC1. The number of halogens is 1. The minimum Gasteiger partial charge on any atom is -0.466 e. The number of carbonyl (C=O) groups excluding carboxylic acids is 3. The zero-order chi connectivity index (χ0) is 29.8. The van der Waals surface area contributed by atoms with Crippen LogP contribution in [0.3, 0.4) is 0 Å². The quantitative estimate of drug-likeness (QED) is 0.353. The highest BCUT2D eigenvalue weighted by atomic mass is 35.5. The first-order valence-electron chi connectivity index (χ1n) is 14.5. The minimum absolute atomic E-state index is 0.0504. The predicted octanol–water partition coefficient (Wildman–Crippen LogP) is 4.32. The number of piperidine rings is 2. The number of carbonyl (C=O) groups is 3. The number of rotatable bonds is 9. The van der Waals surface area contributed by atoms with Gasteiger partial charge < -0.3 is 24.4 Å². The van der Waals surface area contributed by atoms with E-state index >= 15 is 0 Å². The van der Waals surface area contributed by atoms with E-state index in [2.05, 4.69) is 34.3 Å². The molecule has 226 valence electrons. The van der Waals surface area contributed by atoms with Crippen molar-refractivity contribution in [1.82, 2.24) is 30.1 Å². The molecule has 0 aromatic carbocycles. The lowest BCUT2D eigenvalue weighted by molar-refractivity contribution is -0.149. The van der Waals surface area contributed by atoms with Crippen LogP contribution in [0.15, 0.2) is 28.8 Å². The smallest absolute Gasteiger partial charge is 0.309 e. The van der Waals surface area contributed by atoms with Gasteiger partial charge >= 0.3 is 5.97 Å². The summed E-state index contributed by atoms with van der Waals surface area (Å²) in [7, 11) is 0. The monoisotopic (exact) mass is 616 g/mol. The Bertz CT molecular complexity index is 1400. The Kier molecular flexibility index (Phi) is 9.64. The van der Waals surface area contributed by atoms with Crippen molar-refractivity contribution >= 4 is 40.7 Å². The highest BCUT2D eigenvalue weighted by Gasteiger charge is 2.31. The van der Waals surface area contributed by atoms with E-state index in [-0.39, 0.29) is 47.7 Å². The average Bonchev–Trinajstić information content (AvgIpc) is 3.73. The number of aromatic nitrogens is 3. The van der Waals surface area contributed by atoms with Crippen molar-refractivity contribution in [2.24, 2.45) is 5.92 Å². The minimum atomic E-state index is -0.305. The molecule has 2 aliphatic rings. The molecule has 0 bridgehead atoms. The molecule has 13 heteroatoms. The first-order valence-corrected chi connectivity index (χ1v) is 15.7. The summed E-state index contributed by atoms with van der Waals surface area (Å²) in [6.45, 7) is 9.29. The lowest BCUT2D eigenvalue weighted by atomic mass is 9.97. The predicted molar refractivity (Wildman–Crippen MR) is 159 cm³/mol. The van der Waals surface area contributed by atoms with Crippen LogP contribution in [0.5, 0.6) is 0 Å². The molecule has 2 saturated heterocycles. The summed E-state index contributed by atoms with van der Waals surface area (Å²) in [5.74, 6) is -0.430. The summed E-state index contributed by atoms with van der Waals surface area (Å²) in [6.07, 6.45) is 2.77. The van der Waals surface area contributed by atoms with Crippen LogP contribution in [0, 0.1) is 5.92 Å². The third kappa shape index (κ3) is 7.04. The molecule has 2 amide bonds. The van der Waals surface area contributed by atoms with Gasteiger partial charge in [0, 0.05) is 50.4 Å². The van der Waals surface area contributed by atoms with Gasteiger partial charge in [0.15, 0.2) is 11.5 Å². The van der Waals surface area contributed by atoms with Gasteiger partial charge in [0.2, 0.25) is 0 Å². The van der Waals surface area contributed by atoms with Crippen molar-refractivity contribution in [2.45, 2.75) is 65.1 Å². The van der Waals surface area contributed by atoms with E-state index in [0.29, 0.717) is 54.4 Å². The molecular weight excluding hydrogens is 580 g/mol. The maximum absolute atomic E-state index is 13.7. The van der Waals surface area contributed by atoms with Crippen LogP contribution in [0.25, 0.3) is 10.6 Å². The molecule has 42 heavy (non-hydrogen) atoms. The fourth-order valence-corrected chi connectivity index (χ4v) is 6.47. The Morgan fingerprint density at radius 1 is 1.12 bits per heavy atom. The first kappa shape index (κ1) is 30.2. The number of nitrogens with zero attached hydrogens (tertiary/aromatic N) is 5. The van der Waals surface area contributed by atoms with Crippen LogP contribution < -0.4 is 5.32 Å². The topological polar surface area (TPSA) is 123 Å². The van der Waals surface area contributed by atoms with Gasteiger partial charge in [0.05, 0.1) is 28.3 Å². The van der Waals surface area contributed by atoms with E-state index in [4.69, 9.17) is 20.9 Å². The van der Waals surface area contributed by atoms with Gasteiger partial charge in [0.1, 0.15) is 11.4 Å². The second kappa shape index (κ2) is 13.4. The average molecular weight is 617 g/mol. The van der Waals surface area contributed by atoms with Crippen molar-refractivity contribution in [3.63, 3.8) is 0 Å². The number of nitrogens with one attached hydrogen (secondary N) is 1.